The molecule has 1 aromatic rings. The van der Waals surface area contributed by atoms with Gasteiger partial charge in [-0.05, 0) is 36.6 Å². The van der Waals surface area contributed by atoms with Crippen molar-refractivity contribution in [2.45, 2.75) is 38.1 Å². The van der Waals surface area contributed by atoms with Crippen molar-refractivity contribution in [3.8, 4) is 6.07 Å². The Morgan fingerprint density at radius 3 is 2.75 bits per heavy atom. The molecule has 0 saturated heterocycles. The molecule has 1 N–H and O–H groups in total. The number of nitrogens with zero attached hydrogens (tertiary/aromatic N) is 1. The van der Waals surface area contributed by atoms with Gasteiger partial charge in [0.05, 0.1) is 0 Å². The van der Waals surface area contributed by atoms with E-state index >= 15 is 0 Å². The summed E-state index contributed by atoms with van der Waals surface area (Å²) in [6.07, 6.45) is 7.10. The van der Waals surface area contributed by atoms with Crippen molar-refractivity contribution in [2.75, 3.05) is 0 Å². The minimum atomic E-state index is -0.292. The van der Waals surface area contributed by atoms with Crippen LogP contribution in [0.4, 0.5) is 0 Å². The summed E-state index contributed by atoms with van der Waals surface area (Å²) < 4.78 is 0. The molecule has 0 bridgehead atoms. The Kier molecular flexibility index (Phi) is 5.20. The maximum atomic E-state index is 12.1. The van der Waals surface area contributed by atoms with E-state index in [9.17, 15) is 4.79 Å². The van der Waals surface area contributed by atoms with Gasteiger partial charge in [-0.2, -0.15) is 5.26 Å². The van der Waals surface area contributed by atoms with Gasteiger partial charge < -0.3 is 5.32 Å². The molecule has 0 heterocycles. The summed E-state index contributed by atoms with van der Waals surface area (Å²) in [6, 6.07) is 9.26. The molecule has 104 valence electrons. The van der Waals surface area contributed by atoms with Crippen LogP contribution in [0.25, 0.3) is 6.08 Å². The molecule has 0 spiro atoms. The summed E-state index contributed by atoms with van der Waals surface area (Å²) in [5.41, 5.74) is 0.880. The molecule has 0 aromatic heterocycles. The molecule has 0 aliphatic heterocycles. The van der Waals surface area contributed by atoms with E-state index < -0.39 is 0 Å². The summed E-state index contributed by atoms with van der Waals surface area (Å²) in [4.78, 5) is 12.1. The zero-order chi connectivity index (χ0) is 14.4. The molecule has 1 aliphatic rings. The Morgan fingerprint density at radius 2 is 2.10 bits per heavy atom. The number of halogens is 1. The van der Waals surface area contributed by atoms with Gasteiger partial charge in [-0.25, -0.2) is 0 Å². The van der Waals surface area contributed by atoms with E-state index in [-0.39, 0.29) is 17.5 Å². The highest BCUT2D eigenvalue weighted by Gasteiger charge is 2.17. The number of nitriles is 1. The third-order valence-electron chi connectivity index (χ3n) is 3.47. The van der Waals surface area contributed by atoms with E-state index in [4.69, 9.17) is 16.9 Å². The lowest BCUT2D eigenvalue weighted by molar-refractivity contribution is -0.117. The average Bonchev–Trinajstić information content (AvgIpc) is 2.46. The van der Waals surface area contributed by atoms with Crippen molar-refractivity contribution >= 4 is 23.6 Å². The standard InChI is InChI=1S/C16H17ClN2O/c17-14-6-4-5-12(10-14)9-13(11-18)16(20)19-15-7-2-1-3-8-15/h4-6,9-10,15H,1-3,7-8H2,(H,19,20)/b13-9-. The molecule has 3 nitrogen and oxygen atoms in total. The van der Waals surface area contributed by atoms with Crippen molar-refractivity contribution in [1.29, 1.82) is 5.26 Å². The molecule has 1 fully saturated rings. The number of hydrogen-bond acceptors (Lipinski definition) is 2. The summed E-state index contributed by atoms with van der Waals surface area (Å²) in [6.45, 7) is 0. The van der Waals surface area contributed by atoms with Crippen molar-refractivity contribution < 1.29 is 4.79 Å². The molecule has 0 atom stereocenters. The molecule has 4 heteroatoms. The lowest BCUT2D eigenvalue weighted by Crippen LogP contribution is -2.36. The van der Waals surface area contributed by atoms with Crippen LogP contribution in [0, 0.1) is 11.3 Å². The van der Waals surface area contributed by atoms with Crippen LogP contribution in [0.1, 0.15) is 37.7 Å². The SMILES string of the molecule is N#C/C(=C/c1cccc(Cl)c1)C(=O)NC1CCCCC1. The van der Waals surface area contributed by atoms with Gasteiger partial charge in [0, 0.05) is 11.1 Å². The first-order chi connectivity index (χ1) is 9.69. The Labute approximate surface area is 124 Å². The molecule has 20 heavy (non-hydrogen) atoms. The number of amides is 1. The van der Waals surface area contributed by atoms with Crippen LogP contribution in [0.3, 0.4) is 0 Å². The third kappa shape index (κ3) is 4.11. The molecule has 1 aromatic carbocycles. The van der Waals surface area contributed by atoms with Crippen LogP contribution in [0.15, 0.2) is 29.8 Å². The fraction of sp³-hybridized carbons (Fsp3) is 0.375. The van der Waals surface area contributed by atoms with Gasteiger partial charge in [0.25, 0.3) is 5.91 Å². The molecular formula is C16H17ClN2O. The van der Waals surface area contributed by atoms with Crippen molar-refractivity contribution in [2.24, 2.45) is 0 Å². The summed E-state index contributed by atoms with van der Waals surface area (Å²) in [7, 11) is 0. The lowest BCUT2D eigenvalue weighted by Gasteiger charge is -2.22. The van der Waals surface area contributed by atoms with Gasteiger partial charge >= 0.3 is 0 Å². The van der Waals surface area contributed by atoms with E-state index in [1.54, 1.807) is 24.3 Å². The maximum Gasteiger partial charge on any atom is 0.262 e. The second kappa shape index (κ2) is 7.12. The third-order valence-corrected chi connectivity index (χ3v) is 3.70. The molecule has 0 unspecified atom stereocenters. The molecule has 1 saturated carbocycles. The van der Waals surface area contributed by atoms with Gasteiger partial charge in [0.2, 0.25) is 0 Å². The van der Waals surface area contributed by atoms with E-state index in [2.05, 4.69) is 5.32 Å². The predicted octanol–water partition coefficient (Wildman–Crippen LogP) is 3.70. The number of rotatable bonds is 3. The average molecular weight is 289 g/mol. The summed E-state index contributed by atoms with van der Waals surface area (Å²) >= 11 is 5.89. The normalized spacial score (nSPS) is 16.5. The molecule has 0 radical (unpaired) electrons. The van der Waals surface area contributed by atoms with Crippen molar-refractivity contribution in [3.05, 3.63) is 40.4 Å². The molecule has 1 aliphatic carbocycles. The van der Waals surface area contributed by atoms with Crippen molar-refractivity contribution in [1.82, 2.24) is 5.32 Å². The minimum Gasteiger partial charge on any atom is -0.349 e. The first-order valence-corrected chi connectivity index (χ1v) is 7.25. The molecule has 1 amide bonds. The van der Waals surface area contributed by atoms with Crippen LogP contribution in [0.5, 0.6) is 0 Å². The minimum absolute atomic E-state index is 0.123. The van der Waals surface area contributed by atoms with Crippen LogP contribution >= 0.6 is 11.6 Å². The molecular weight excluding hydrogens is 272 g/mol. The number of carbonyl (C=O) groups excluding carboxylic acids is 1. The fourth-order valence-electron chi connectivity index (χ4n) is 2.42. The van der Waals surface area contributed by atoms with Crippen LogP contribution < -0.4 is 5.32 Å². The van der Waals surface area contributed by atoms with E-state index in [0.717, 1.165) is 31.2 Å². The zero-order valence-corrected chi connectivity index (χ0v) is 12.0. The predicted molar refractivity (Wildman–Crippen MR) is 80.1 cm³/mol. The van der Waals surface area contributed by atoms with E-state index in [1.807, 2.05) is 12.1 Å². The second-order valence-electron chi connectivity index (χ2n) is 5.03. The number of nitrogens with one attached hydrogen (secondary N) is 1. The van der Waals surface area contributed by atoms with Crippen LogP contribution in [-0.2, 0) is 4.79 Å². The fourth-order valence-corrected chi connectivity index (χ4v) is 2.62. The quantitative estimate of drug-likeness (QED) is 0.681. The highest BCUT2D eigenvalue weighted by atomic mass is 35.5. The zero-order valence-electron chi connectivity index (χ0n) is 11.2. The van der Waals surface area contributed by atoms with Crippen LogP contribution in [0.2, 0.25) is 5.02 Å². The first-order valence-electron chi connectivity index (χ1n) is 6.87. The Morgan fingerprint density at radius 1 is 1.35 bits per heavy atom. The topological polar surface area (TPSA) is 52.9 Å². The second-order valence-corrected chi connectivity index (χ2v) is 5.47. The van der Waals surface area contributed by atoms with E-state index in [0.29, 0.717) is 5.02 Å². The highest BCUT2D eigenvalue weighted by Crippen LogP contribution is 2.18. The smallest absolute Gasteiger partial charge is 0.262 e. The monoisotopic (exact) mass is 288 g/mol. The Bertz CT molecular complexity index is 554. The Balaban J connectivity index is 2.07. The summed E-state index contributed by atoms with van der Waals surface area (Å²) in [5, 5.41) is 12.7. The summed E-state index contributed by atoms with van der Waals surface area (Å²) in [5.74, 6) is -0.292. The van der Waals surface area contributed by atoms with E-state index in [1.165, 1.54) is 6.42 Å². The van der Waals surface area contributed by atoms with Gasteiger partial charge in [-0.15, -0.1) is 0 Å². The number of benzene rings is 1. The highest BCUT2D eigenvalue weighted by molar-refractivity contribution is 6.30. The number of hydrogen-bond donors (Lipinski definition) is 1. The lowest BCUT2D eigenvalue weighted by atomic mass is 9.95. The van der Waals surface area contributed by atoms with Gasteiger partial charge in [0.1, 0.15) is 11.6 Å². The van der Waals surface area contributed by atoms with Crippen LogP contribution in [-0.4, -0.2) is 11.9 Å². The maximum absolute atomic E-state index is 12.1. The van der Waals surface area contributed by atoms with Gasteiger partial charge in [-0.1, -0.05) is 43.0 Å². The first kappa shape index (κ1) is 14.6. The van der Waals surface area contributed by atoms with Crippen molar-refractivity contribution in [3.63, 3.8) is 0 Å². The number of carbonyl (C=O) groups is 1. The molecule has 2 rings (SSSR count). The largest absolute Gasteiger partial charge is 0.349 e. The van der Waals surface area contributed by atoms with Gasteiger partial charge in [-0.3, -0.25) is 4.79 Å². The van der Waals surface area contributed by atoms with Gasteiger partial charge in [0.15, 0.2) is 0 Å². The Hall–Kier alpha value is -1.79.